The lowest BCUT2D eigenvalue weighted by Crippen LogP contribution is -2.11. The van der Waals surface area contributed by atoms with Gasteiger partial charge in [0.05, 0.1) is 12.8 Å². The van der Waals surface area contributed by atoms with Gasteiger partial charge in [0.2, 0.25) is 5.82 Å². The third kappa shape index (κ3) is 3.41. The molecule has 1 aromatic carbocycles. The summed E-state index contributed by atoms with van der Waals surface area (Å²) in [6.07, 6.45) is 1.54. The Morgan fingerprint density at radius 2 is 2.18 bits per heavy atom. The van der Waals surface area contributed by atoms with Crippen LogP contribution in [0.4, 0.5) is 5.69 Å². The lowest BCUT2D eigenvalue weighted by atomic mass is 9.87. The molecule has 0 atom stereocenters. The number of tetrazole rings is 1. The summed E-state index contributed by atoms with van der Waals surface area (Å²) in [5.74, 6) is 0.926. The Kier molecular flexibility index (Phi) is 4.41. The summed E-state index contributed by atoms with van der Waals surface area (Å²) in [4.78, 5) is 0. The van der Waals surface area contributed by atoms with Crippen molar-refractivity contribution in [2.45, 2.75) is 26.2 Å². The molecule has 7 nitrogen and oxygen atoms in total. The molecule has 114 valence electrons. The molecule has 7 heteroatoms. The van der Waals surface area contributed by atoms with Crippen molar-refractivity contribution in [3.8, 4) is 11.8 Å². The quantitative estimate of drug-likeness (QED) is 0.841. The number of hydrogen-bond acceptors (Lipinski definition) is 6. The first-order valence-corrected chi connectivity index (χ1v) is 6.75. The highest BCUT2D eigenvalue weighted by Crippen LogP contribution is 2.31. The average molecular weight is 298 g/mol. The normalized spacial score (nSPS) is 11.9. The Labute approximate surface area is 129 Å². The molecule has 0 saturated heterocycles. The number of nitriles is 1. The number of aromatic nitrogens is 4. The smallest absolute Gasteiger partial charge is 0.216 e. The largest absolute Gasteiger partial charge is 0.495 e. The fraction of sp³-hybridized carbons (Fsp3) is 0.333. The first kappa shape index (κ1) is 15.5. The number of rotatable bonds is 4. The van der Waals surface area contributed by atoms with Gasteiger partial charge in [-0.15, -0.1) is 10.2 Å². The van der Waals surface area contributed by atoms with Gasteiger partial charge in [-0.1, -0.05) is 26.8 Å². The first-order valence-electron chi connectivity index (χ1n) is 6.75. The van der Waals surface area contributed by atoms with Crippen molar-refractivity contribution < 1.29 is 4.74 Å². The summed E-state index contributed by atoms with van der Waals surface area (Å²) in [6, 6.07) is 7.96. The second-order valence-corrected chi connectivity index (χ2v) is 5.71. The molecule has 0 unspecified atom stereocenters. The number of nitrogens with one attached hydrogen (secondary N) is 2. The van der Waals surface area contributed by atoms with Crippen molar-refractivity contribution in [3.05, 3.63) is 35.8 Å². The van der Waals surface area contributed by atoms with Crippen LogP contribution in [0.3, 0.4) is 0 Å². The fourth-order valence-electron chi connectivity index (χ4n) is 1.86. The topological polar surface area (TPSA) is 99.5 Å². The molecule has 1 heterocycles. The number of anilines is 1. The Balaban J connectivity index is 2.34. The van der Waals surface area contributed by atoms with E-state index in [0.29, 0.717) is 5.75 Å². The summed E-state index contributed by atoms with van der Waals surface area (Å²) in [5, 5.41) is 25.6. The predicted molar refractivity (Wildman–Crippen MR) is 83.1 cm³/mol. The molecule has 2 N–H and O–H groups in total. The lowest BCUT2D eigenvalue weighted by molar-refractivity contribution is 0.416. The average Bonchev–Trinajstić information content (AvgIpc) is 3.01. The highest BCUT2D eigenvalue weighted by molar-refractivity contribution is 5.75. The van der Waals surface area contributed by atoms with Gasteiger partial charge in [-0.05, 0) is 28.3 Å². The van der Waals surface area contributed by atoms with Crippen LogP contribution in [0, 0.1) is 11.3 Å². The molecule has 0 fully saturated rings. The molecule has 22 heavy (non-hydrogen) atoms. The number of ether oxygens (including phenoxy) is 1. The van der Waals surface area contributed by atoms with E-state index in [1.54, 1.807) is 7.11 Å². The van der Waals surface area contributed by atoms with Crippen molar-refractivity contribution >= 4 is 11.3 Å². The van der Waals surface area contributed by atoms with Crippen LogP contribution in [0.25, 0.3) is 5.57 Å². The van der Waals surface area contributed by atoms with E-state index in [4.69, 9.17) is 4.74 Å². The number of nitrogens with zero attached hydrogens (tertiary/aromatic N) is 4. The van der Waals surface area contributed by atoms with Gasteiger partial charge in [-0.25, -0.2) is 0 Å². The molecule has 1 aromatic heterocycles. The van der Waals surface area contributed by atoms with Crippen LogP contribution in [0.15, 0.2) is 24.4 Å². The Bertz CT molecular complexity index is 707. The minimum atomic E-state index is 0.0120. The van der Waals surface area contributed by atoms with Gasteiger partial charge in [0.1, 0.15) is 17.4 Å². The monoisotopic (exact) mass is 298 g/mol. The summed E-state index contributed by atoms with van der Waals surface area (Å²) >= 11 is 0. The van der Waals surface area contributed by atoms with Gasteiger partial charge in [-0.3, -0.25) is 0 Å². The van der Waals surface area contributed by atoms with Gasteiger partial charge < -0.3 is 10.1 Å². The Morgan fingerprint density at radius 3 is 2.73 bits per heavy atom. The first-order chi connectivity index (χ1) is 10.5. The lowest BCUT2D eigenvalue weighted by Gasteiger charge is -2.21. The molecular formula is C15H18N6O. The van der Waals surface area contributed by atoms with Crippen LogP contribution in [0.1, 0.15) is 32.2 Å². The third-order valence-corrected chi connectivity index (χ3v) is 3.14. The van der Waals surface area contributed by atoms with Crippen molar-refractivity contribution in [1.82, 2.24) is 20.6 Å². The minimum Gasteiger partial charge on any atom is -0.495 e. The number of H-pyrrole nitrogens is 1. The van der Waals surface area contributed by atoms with Crippen molar-refractivity contribution in [1.29, 1.82) is 5.26 Å². The molecule has 2 rings (SSSR count). The van der Waals surface area contributed by atoms with Crippen molar-refractivity contribution in [3.63, 3.8) is 0 Å². The van der Waals surface area contributed by atoms with Crippen LogP contribution in [0.2, 0.25) is 0 Å². The number of allylic oxidation sites excluding steroid dienone is 1. The van der Waals surface area contributed by atoms with Gasteiger partial charge >= 0.3 is 0 Å². The third-order valence-electron chi connectivity index (χ3n) is 3.14. The van der Waals surface area contributed by atoms with Crippen LogP contribution >= 0.6 is 0 Å². The van der Waals surface area contributed by atoms with E-state index in [0.717, 1.165) is 11.3 Å². The second-order valence-electron chi connectivity index (χ2n) is 5.71. The molecule has 0 amide bonds. The molecular weight excluding hydrogens is 280 g/mol. The van der Waals surface area contributed by atoms with E-state index in [2.05, 4.69) is 46.7 Å². The molecule has 0 saturated carbocycles. The van der Waals surface area contributed by atoms with Gasteiger partial charge in [-0.2, -0.15) is 10.5 Å². The van der Waals surface area contributed by atoms with Gasteiger partial charge in [0.15, 0.2) is 0 Å². The highest BCUT2D eigenvalue weighted by Gasteiger charge is 2.16. The maximum atomic E-state index is 9.17. The highest BCUT2D eigenvalue weighted by atomic mass is 16.5. The standard InChI is InChI=1S/C15H18N6O/c1-15(2,3)11-5-6-13(22-4)12(7-11)17-9-10(8-16)14-18-20-21-19-14/h5-7,9,17H,1-4H3,(H,18,19,20,21). The zero-order valence-corrected chi connectivity index (χ0v) is 13.0. The zero-order chi connectivity index (χ0) is 16.2. The van der Waals surface area contributed by atoms with Crippen LogP contribution < -0.4 is 10.1 Å². The van der Waals surface area contributed by atoms with Crippen LogP contribution in [-0.4, -0.2) is 27.7 Å². The maximum Gasteiger partial charge on any atom is 0.216 e. The number of benzene rings is 1. The fourth-order valence-corrected chi connectivity index (χ4v) is 1.86. The second kappa shape index (κ2) is 6.26. The Hall–Kier alpha value is -2.88. The van der Waals surface area contributed by atoms with Crippen molar-refractivity contribution in [2.24, 2.45) is 0 Å². The van der Waals surface area contributed by atoms with E-state index < -0.39 is 0 Å². The van der Waals surface area contributed by atoms with Crippen LogP contribution in [-0.2, 0) is 5.41 Å². The van der Waals surface area contributed by atoms with E-state index in [1.807, 2.05) is 24.3 Å². The molecule has 0 aliphatic heterocycles. The number of hydrogen-bond donors (Lipinski definition) is 2. The van der Waals surface area contributed by atoms with Crippen LogP contribution in [0.5, 0.6) is 5.75 Å². The van der Waals surface area contributed by atoms with E-state index in [-0.39, 0.29) is 16.8 Å². The molecule has 0 aliphatic carbocycles. The molecule has 0 radical (unpaired) electrons. The summed E-state index contributed by atoms with van der Waals surface area (Å²) in [5.41, 5.74) is 2.21. The SMILES string of the molecule is COc1ccc(C(C)(C)C)cc1NC=C(C#N)c1nn[nH]n1. The summed E-state index contributed by atoms with van der Waals surface area (Å²) in [6.45, 7) is 6.40. The molecule has 2 aromatic rings. The summed E-state index contributed by atoms with van der Waals surface area (Å²) in [7, 11) is 1.60. The number of aromatic amines is 1. The molecule has 0 bridgehead atoms. The van der Waals surface area contributed by atoms with Crippen molar-refractivity contribution in [2.75, 3.05) is 12.4 Å². The number of methoxy groups -OCH3 is 1. The zero-order valence-electron chi connectivity index (χ0n) is 13.0. The predicted octanol–water partition coefficient (Wildman–Crippen LogP) is 2.48. The maximum absolute atomic E-state index is 9.17. The van der Waals surface area contributed by atoms with E-state index in [9.17, 15) is 5.26 Å². The van der Waals surface area contributed by atoms with Gasteiger partial charge in [0.25, 0.3) is 0 Å². The minimum absolute atomic E-state index is 0.0120. The van der Waals surface area contributed by atoms with E-state index >= 15 is 0 Å². The van der Waals surface area contributed by atoms with Gasteiger partial charge in [0, 0.05) is 6.20 Å². The van der Waals surface area contributed by atoms with E-state index in [1.165, 1.54) is 6.20 Å². The molecule has 0 spiro atoms. The Morgan fingerprint density at radius 1 is 1.41 bits per heavy atom. The molecule has 0 aliphatic rings. The summed E-state index contributed by atoms with van der Waals surface area (Å²) < 4.78 is 5.35.